The fourth-order valence-corrected chi connectivity index (χ4v) is 2.78. The molecule has 1 saturated heterocycles. The van der Waals surface area contributed by atoms with Gasteiger partial charge in [0, 0.05) is 37.5 Å². The standard InChI is InChI=1S/C14H25N3O/c1-4-7-17-12(2)13(9-15-17)10-16-8-5-6-14(16)11-18-3/h9,14H,4-8,10-11H2,1-3H3/t14-/m0/s1. The van der Waals surface area contributed by atoms with Crippen LogP contribution in [0, 0.1) is 6.92 Å². The van der Waals surface area contributed by atoms with E-state index in [0.29, 0.717) is 6.04 Å². The number of likely N-dealkylation sites (tertiary alicyclic amines) is 1. The Balaban J connectivity index is 2.00. The average molecular weight is 251 g/mol. The van der Waals surface area contributed by atoms with E-state index in [2.05, 4.69) is 28.5 Å². The zero-order chi connectivity index (χ0) is 13.0. The normalized spacial score (nSPS) is 20.7. The lowest BCUT2D eigenvalue weighted by Gasteiger charge is -2.23. The smallest absolute Gasteiger partial charge is 0.0618 e. The number of ether oxygens (including phenoxy) is 1. The van der Waals surface area contributed by atoms with E-state index < -0.39 is 0 Å². The van der Waals surface area contributed by atoms with Crippen LogP contribution in [0.4, 0.5) is 0 Å². The van der Waals surface area contributed by atoms with Crippen molar-refractivity contribution in [1.82, 2.24) is 14.7 Å². The molecule has 0 aromatic carbocycles. The van der Waals surface area contributed by atoms with Crippen LogP contribution in [0.3, 0.4) is 0 Å². The Bertz CT molecular complexity index is 375. The summed E-state index contributed by atoms with van der Waals surface area (Å²) in [6, 6.07) is 0.587. The summed E-state index contributed by atoms with van der Waals surface area (Å²) in [5, 5.41) is 4.48. The molecule has 0 bridgehead atoms. The van der Waals surface area contributed by atoms with Crippen LogP contribution in [0.25, 0.3) is 0 Å². The van der Waals surface area contributed by atoms with Crippen molar-refractivity contribution < 1.29 is 4.74 Å². The van der Waals surface area contributed by atoms with Crippen LogP contribution in [0.5, 0.6) is 0 Å². The van der Waals surface area contributed by atoms with Gasteiger partial charge in [-0.2, -0.15) is 5.10 Å². The third kappa shape index (κ3) is 2.93. The SMILES string of the molecule is CCCn1ncc(CN2CCC[C@H]2COC)c1C. The third-order valence-electron chi connectivity index (χ3n) is 3.87. The summed E-state index contributed by atoms with van der Waals surface area (Å²) < 4.78 is 7.43. The van der Waals surface area contributed by atoms with Crippen molar-refractivity contribution in [3.63, 3.8) is 0 Å². The molecule has 1 aliphatic rings. The van der Waals surface area contributed by atoms with Gasteiger partial charge in [0.05, 0.1) is 12.8 Å². The molecule has 2 heterocycles. The van der Waals surface area contributed by atoms with E-state index in [1.165, 1.54) is 30.6 Å². The van der Waals surface area contributed by atoms with Crippen LogP contribution in [0.2, 0.25) is 0 Å². The van der Waals surface area contributed by atoms with Gasteiger partial charge in [-0.25, -0.2) is 0 Å². The van der Waals surface area contributed by atoms with Crippen molar-refractivity contribution in [1.29, 1.82) is 0 Å². The van der Waals surface area contributed by atoms with Gasteiger partial charge in [-0.1, -0.05) is 6.92 Å². The monoisotopic (exact) mass is 251 g/mol. The molecule has 1 fully saturated rings. The third-order valence-corrected chi connectivity index (χ3v) is 3.87. The van der Waals surface area contributed by atoms with E-state index in [0.717, 1.165) is 26.1 Å². The Morgan fingerprint density at radius 3 is 3.06 bits per heavy atom. The van der Waals surface area contributed by atoms with Gasteiger partial charge in [-0.05, 0) is 32.7 Å². The molecule has 0 unspecified atom stereocenters. The highest BCUT2D eigenvalue weighted by molar-refractivity contribution is 5.16. The zero-order valence-electron chi connectivity index (χ0n) is 11.9. The Morgan fingerprint density at radius 2 is 2.33 bits per heavy atom. The van der Waals surface area contributed by atoms with Crippen LogP contribution < -0.4 is 0 Å². The van der Waals surface area contributed by atoms with Gasteiger partial charge in [0.25, 0.3) is 0 Å². The largest absolute Gasteiger partial charge is 0.383 e. The summed E-state index contributed by atoms with van der Waals surface area (Å²) in [7, 11) is 1.79. The molecule has 18 heavy (non-hydrogen) atoms. The van der Waals surface area contributed by atoms with Gasteiger partial charge in [-0.15, -0.1) is 0 Å². The Kier molecular flexibility index (Phi) is 4.78. The predicted octanol–water partition coefficient (Wildman–Crippen LogP) is 2.21. The van der Waals surface area contributed by atoms with Crippen molar-refractivity contribution in [2.24, 2.45) is 0 Å². The number of nitrogens with zero attached hydrogens (tertiary/aromatic N) is 3. The summed E-state index contributed by atoms with van der Waals surface area (Å²) >= 11 is 0. The van der Waals surface area contributed by atoms with Crippen LogP contribution in [0.1, 0.15) is 37.4 Å². The van der Waals surface area contributed by atoms with Gasteiger partial charge >= 0.3 is 0 Å². The fraction of sp³-hybridized carbons (Fsp3) is 0.786. The molecular weight excluding hydrogens is 226 g/mol. The molecule has 2 rings (SSSR count). The minimum Gasteiger partial charge on any atom is -0.383 e. The molecule has 0 N–H and O–H groups in total. The molecule has 1 atom stereocenters. The quantitative estimate of drug-likeness (QED) is 0.776. The molecule has 0 spiro atoms. The highest BCUT2D eigenvalue weighted by Crippen LogP contribution is 2.21. The number of aromatic nitrogens is 2. The van der Waals surface area contributed by atoms with Crippen LogP contribution in [-0.2, 0) is 17.8 Å². The van der Waals surface area contributed by atoms with Crippen molar-refractivity contribution >= 4 is 0 Å². The summed E-state index contributed by atoms with van der Waals surface area (Å²) in [4.78, 5) is 2.53. The molecule has 4 heteroatoms. The molecule has 0 aliphatic carbocycles. The lowest BCUT2D eigenvalue weighted by Crippen LogP contribution is -2.32. The van der Waals surface area contributed by atoms with Gasteiger partial charge in [0.1, 0.15) is 0 Å². The first kappa shape index (κ1) is 13.6. The fourth-order valence-electron chi connectivity index (χ4n) is 2.78. The molecule has 0 amide bonds. The molecular formula is C14H25N3O. The topological polar surface area (TPSA) is 30.3 Å². The number of methoxy groups -OCH3 is 1. The first-order valence-corrected chi connectivity index (χ1v) is 7.00. The first-order valence-electron chi connectivity index (χ1n) is 7.00. The summed E-state index contributed by atoms with van der Waals surface area (Å²) in [5.74, 6) is 0. The van der Waals surface area contributed by atoms with Crippen molar-refractivity contribution in [2.75, 3.05) is 20.3 Å². The zero-order valence-corrected chi connectivity index (χ0v) is 11.9. The average Bonchev–Trinajstić information content (AvgIpc) is 2.92. The van der Waals surface area contributed by atoms with E-state index in [1.54, 1.807) is 7.11 Å². The Hall–Kier alpha value is -0.870. The van der Waals surface area contributed by atoms with E-state index in [9.17, 15) is 0 Å². The number of aryl methyl sites for hydroxylation is 1. The maximum absolute atomic E-state index is 5.31. The molecule has 1 aromatic rings. The lowest BCUT2D eigenvalue weighted by atomic mass is 10.2. The summed E-state index contributed by atoms with van der Waals surface area (Å²) in [6.07, 6.45) is 5.72. The molecule has 4 nitrogen and oxygen atoms in total. The summed E-state index contributed by atoms with van der Waals surface area (Å²) in [6.45, 7) is 8.45. The van der Waals surface area contributed by atoms with Gasteiger partial charge in [0.15, 0.2) is 0 Å². The van der Waals surface area contributed by atoms with E-state index in [-0.39, 0.29) is 0 Å². The van der Waals surface area contributed by atoms with Crippen molar-refractivity contribution in [3.8, 4) is 0 Å². The maximum atomic E-state index is 5.31. The van der Waals surface area contributed by atoms with E-state index in [1.807, 2.05) is 6.20 Å². The number of rotatable bonds is 6. The second-order valence-electron chi connectivity index (χ2n) is 5.20. The van der Waals surface area contributed by atoms with Crippen LogP contribution >= 0.6 is 0 Å². The Morgan fingerprint density at radius 1 is 1.50 bits per heavy atom. The van der Waals surface area contributed by atoms with Crippen molar-refractivity contribution in [3.05, 3.63) is 17.5 Å². The molecule has 0 radical (unpaired) electrons. The molecule has 1 aromatic heterocycles. The number of hydrogen-bond acceptors (Lipinski definition) is 3. The number of hydrogen-bond donors (Lipinski definition) is 0. The minimum absolute atomic E-state index is 0.587. The van der Waals surface area contributed by atoms with Gasteiger partial charge in [-0.3, -0.25) is 9.58 Å². The highest BCUT2D eigenvalue weighted by atomic mass is 16.5. The maximum Gasteiger partial charge on any atom is 0.0618 e. The van der Waals surface area contributed by atoms with E-state index in [4.69, 9.17) is 4.74 Å². The second kappa shape index (κ2) is 6.34. The van der Waals surface area contributed by atoms with Crippen molar-refractivity contribution in [2.45, 2.75) is 52.2 Å². The van der Waals surface area contributed by atoms with Crippen LogP contribution in [-0.4, -0.2) is 41.0 Å². The summed E-state index contributed by atoms with van der Waals surface area (Å²) in [5.41, 5.74) is 2.69. The van der Waals surface area contributed by atoms with Gasteiger partial charge in [0.2, 0.25) is 0 Å². The minimum atomic E-state index is 0.587. The molecule has 0 saturated carbocycles. The second-order valence-corrected chi connectivity index (χ2v) is 5.20. The molecule has 1 aliphatic heterocycles. The van der Waals surface area contributed by atoms with Crippen LogP contribution in [0.15, 0.2) is 6.20 Å². The van der Waals surface area contributed by atoms with E-state index >= 15 is 0 Å². The lowest BCUT2D eigenvalue weighted by molar-refractivity contribution is 0.112. The van der Waals surface area contributed by atoms with Gasteiger partial charge < -0.3 is 4.74 Å². The Labute approximate surface area is 110 Å². The predicted molar refractivity (Wildman–Crippen MR) is 72.6 cm³/mol. The highest BCUT2D eigenvalue weighted by Gasteiger charge is 2.25. The first-order chi connectivity index (χ1) is 8.76. The molecule has 102 valence electrons.